The van der Waals surface area contributed by atoms with Crippen LogP contribution in [0.4, 0.5) is 5.69 Å². The lowest BCUT2D eigenvalue weighted by Gasteiger charge is -2.40. The molecule has 0 radical (unpaired) electrons. The molecule has 5 rings (SSSR count). The molecule has 42 heavy (non-hydrogen) atoms. The Morgan fingerprint density at radius 2 is 1.62 bits per heavy atom. The van der Waals surface area contributed by atoms with Gasteiger partial charge in [0, 0.05) is 16.0 Å². The molecule has 3 fully saturated rings. The minimum Gasteiger partial charge on any atom is -0.394 e. The van der Waals surface area contributed by atoms with E-state index in [0.29, 0.717) is 18.5 Å². The van der Waals surface area contributed by atoms with Crippen LogP contribution in [0.15, 0.2) is 60.7 Å². The largest absolute Gasteiger partial charge is 0.394 e. The van der Waals surface area contributed by atoms with E-state index in [1.54, 1.807) is 16.7 Å². The lowest BCUT2D eigenvalue weighted by molar-refractivity contribution is -0.143. The van der Waals surface area contributed by atoms with Gasteiger partial charge in [0.15, 0.2) is 0 Å². The van der Waals surface area contributed by atoms with Crippen molar-refractivity contribution in [2.75, 3.05) is 11.9 Å². The van der Waals surface area contributed by atoms with E-state index in [1.807, 2.05) is 74.5 Å². The van der Waals surface area contributed by atoms with Crippen LogP contribution < -0.4 is 10.6 Å². The Labute approximate surface area is 254 Å². The molecule has 2 aromatic carbocycles. The van der Waals surface area contributed by atoms with Crippen LogP contribution in [0.5, 0.6) is 0 Å². The van der Waals surface area contributed by atoms with Gasteiger partial charge in [-0.25, -0.2) is 0 Å². The van der Waals surface area contributed by atoms with Crippen LogP contribution in [-0.2, 0) is 20.8 Å². The lowest BCUT2D eigenvalue weighted by atomic mass is 9.66. The molecule has 3 saturated heterocycles. The Hall–Kier alpha value is -2.84. The summed E-state index contributed by atoms with van der Waals surface area (Å²) in [6, 6.07) is 17.7. The van der Waals surface area contributed by atoms with Crippen molar-refractivity contribution in [1.82, 2.24) is 10.2 Å². The number of anilines is 1. The third-order valence-electron chi connectivity index (χ3n) is 9.14. The summed E-state index contributed by atoms with van der Waals surface area (Å²) in [7, 11) is 0. The van der Waals surface area contributed by atoms with Crippen molar-refractivity contribution in [3.63, 3.8) is 0 Å². The number of amides is 3. The highest BCUT2D eigenvalue weighted by atomic mass is 32.2. The van der Waals surface area contributed by atoms with E-state index in [1.165, 1.54) is 0 Å². The molecule has 226 valence electrons. The summed E-state index contributed by atoms with van der Waals surface area (Å²) in [5.41, 5.74) is 1.14. The number of rotatable bonds is 9. The predicted molar refractivity (Wildman–Crippen MR) is 168 cm³/mol. The normalized spacial score (nSPS) is 29.4. The molecule has 3 heterocycles. The van der Waals surface area contributed by atoms with E-state index in [-0.39, 0.29) is 29.7 Å². The number of hydrogen-bond donors (Lipinski definition) is 3. The van der Waals surface area contributed by atoms with E-state index >= 15 is 0 Å². The van der Waals surface area contributed by atoms with Crippen LogP contribution in [-0.4, -0.2) is 61.5 Å². The second-order valence-corrected chi connectivity index (χ2v) is 16.4. The van der Waals surface area contributed by atoms with Crippen LogP contribution in [0.3, 0.4) is 0 Å². The maximum atomic E-state index is 14.6. The molecule has 2 unspecified atom stereocenters. The molecule has 0 saturated carbocycles. The van der Waals surface area contributed by atoms with Crippen LogP contribution in [0, 0.1) is 17.3 Å². The molecule has 6 atom stereocenters. The Bertz CT molecular complexity index is 1330. The van der Waals surface area contributed by atoms with Gasteiger partial charge in [0.1, 0.15) is 6.04 Å². The zero-order valence-corrected chi connectivity index (χ0v) is 26.5. The highest BCUT2D eigenvalue weighted by molar-refractivity contribution is 8.02. The van der Waals surface area contributed by atoms with Crippen LogP contribution in [0.1, 0.15) is 66.4 Å². The number of thioether (sulfide) groups is 1. The molecule has 3 N–H and O–H groups in total. The standard InChI is InChI=1S/C34H45N3O4S/c1-31(2,3)21-32(4,5)36-29(40)27-34-18-17-33(6,42-34)25(28(39)35-23-15-11-8-12-16-23)26(34)30(41)37(27)24(20-38)19-22-13-9-7-10-14-22/h7-16,24-27,38H,17-21H2,1-6H3,(H,35,39)(H,36,40)/t24-,25+,26+,27?,33-,34?/m1/s1. The summed E-state index contributed by atoms with van der Waals surface area (Å²) >= 11 is 1.65. The number of para-hydroxylation sites is 1. The van der Waals surface area contributed by atoms with E-state index in [4.69, 9.17) is 0 Å². The third kappa shape index (κ3) is 5.60. The summed E-state index contributed by atoms with van der Waals surface area (Å²) < 4.78 is -1.23. The number of benzene rings is 2. The number of nitrogens with zero attached hydrogens (tertiary/aromatic N) is 1. The summed E-state index contributed by atoms with van der Waals surface area (Å²) in [5.74, 6) is -1.84. The van der Waals surface area contributed by atoms with Gasteiger partial charge in [-0.3, -0.25) is 14.4 Å². The first-order chi connectivity index (χ1) is 19.7. The maximum absolute atomic E-state index is 14.6. The molecular weight excluding hydrogens is 546 g/mol. The number of carbonyl (C=O) groups is 3. The zero-order valence-electron chi connectivity index (χ0n) is 25.6. The van der Waals surface area contributed by atoms with Crippen LogP contribution in [0.2, 0.25) is 0 Å². The van der Waals surface area contributed by atoms with Gasteiger partial charge in [0.25, 0.3) is 0 Å². The molecule has 3 aliphatic heterocycles. The predicted octanol–water partition coefficient (Wildman–Crippen LogP) is 5.04. The van der Waals surface area contributed by atoms with Gasteiger partial charge in [-0.15, -0.1) is 11.8 Å². The Kier molecular flexibility index (Phi) is 8.03. The second-order valence-electron chi connectivity index (χ2n) is 14.5. The average Bonchev–Trinajstić information content (AvgIpc) is 3.47. The van der Waals surface area contributed by atoms with Crippen LogP contribution >= 0.6 is 11.8 Å². The molecule has 3 aliphatic rings. The average molecular weight is 592 g/mol. The zero-order chi connectivity index (χ0) is 30.5. The summed E-state index contributed by atoms with van der Waals surface area (Å²) in [6.45, 7) is 12.3. The molecule has 8 heteroatoms. The van der Waals surface area contributed by atoms with Crippen molar-refractivity contribution in [2.24, 2.45) is 17.3 Å². The number of aliphatic hydroxyl groups excluding tert-OH is 1. The maximum Gasteiger partial charge on any atom is 0.244 e. The Morgan fingerprint density at radius 1 is 1.00 bits per heavy atom. The van der Waals surface area contributed by atoms with Gasteiger partial charge in [-0.2, -0.15) is 0 Å². The quantitative estimate of drug-likeness (QED) is 0.380. The second kappa shape index (κ2) is 11.0. The fraction of sp³-hybridized carbons (Fsp3) is 0.559. The monoisotopic (exact) mass is 591 g/mol. The number of carbonyl (C=O) groups excluding carboxylic acids is 3. The van der Waals surface area contributed by atoms with Gasteiger partial charge in [-0.1, -0.05) is 69.3 Å². The molecule has 0 aliphatic carbocycles. The summed E-state index contributed by atoms with van der Waals surface area (Å²) in [4.78, 5) is 44.7. The SMILES string of the molecule is CC(C)(C)CC(C)(C)NC(=O)C1N([C@@H](CO)Cc2ccccc2)C(=O)[C@@H]2[C@@H](C(=O)Nc3ccccc3)[C@@]3(C)CCC12S3. The fourth-order valence-electron chi connectivity index (χ4n) is 8.11. The third-order valence-corrected chi connectivity index (χ3v) is 11.1. The molecule has 7 nitrogen and oxygen atoms in total. The number of hydrogen-bond acceptors (Lipinski definition) is 5. The first kappa shape index (κ1) is 30.6. The first-order valence-electron chi connectivity index (χ1n) is 15.0. The Balaban J connectivity index is 1.54. The lowest BCUT2D eigenvalue weighted by Crippen LogP contribution is -2.60. The van der Waals surface area contributed by atoms with Crippen molar-refractivity contribution in [3.05, 3.63) is 66.2 Å². The number of fused-ring (bicyclic) bond motifs is 1. The van der Waals surface area contributed by atoms with Gasteiger partial charge >= 0.3 is 0 Å². The Morgan fingerprint density at radius 3 is 2.21 bits per heavy atom. The number of aliphatic hydroxyl groups is 1. The van der Waals surface area contributed by atoms with Gasteiger partial charge in [-0.05, 0) is 69.6 Å². The van der Waals surface area contributed by atoms with Crippen LogP contribution in [0.25, 0.3) is 0 Å². The van der Waals surface area contributed by atoms with Crippen molar-refractivity contribution in [2.45, 2.75) is 94.3 Å². The number of nitrogens with one attached hydrogen (secondary N) is 2. The van der Waals surface area contributed by atoms with Crippen molar-refractivity contribution >= 4 is 35.2 Å². The smallest absolute Gasteiger partial charge is 0.244 e. The topological polar surface area (TPSA) is 98.7 Å². The van der Waals surface area contributed by atoms with E-state index in [9.17, 15) is 19.5 Å². The fourth-order valence-corrected chi connectivity index (χ4v) is 10.5. The highest BCUT2D eigenvalue weighted by Crippen LogP contribution is 2.71. The number of likely N-dealkylation sites (tertiary alicyclic amines) is 1. The van der Waals surface area contributed by atoms with Gasteiger partial charge in [0.05, 0.1) is 29.2 Å². The molecule has 2 bridgehead atoms. The van der Waals surface area contributed by atoms with Gasteiger partial charge < -0.3 is 20.6 Å². The summed E-state index contributed by atoms with van der Waals surface area (Å²) in [6.07, 6.45) is 2.57. The van der Waals surface area contributed by atoms with Crippen molar-refractivity contribution in [3.8, 4) is 0 Å². The molecule has 1 spiro atoms. The van der Waals surface area contributed by atoms with Crippen molar-refractivity contribution < 1.29 is 19.5 Å². The molecule has 3 amide bonds. The minimum atomic E-state index is -0.795. The van der Waals surface area contributed by atoms with Crippen molar-refractivity contribution in [1.29, 1.82) is 0 Å². The molecular formula is C34H45N3O4S. The minimum absolute atomic E-state index is 0.0155. The first-order valence-corrected chi connectivity index (χ1v) is 15.9. The summed E-state index contributed by atoms with van der Waals surface area (Å²) in [5, 5.41) is 17.1. The van der Waals surface area contributed by atoms with E-state index in [0.717, 1.165) is 18.4 Å². The van der Waals surface area contributed by atoms with E-state index in [2.05, 4.69) is 38.3 Å². The van der Waals surface area contributed by atoms with Gasteiger partial charge in [0.2, 0.25) is 17.7 Å². The van der Waals surface area contributed by atoms with E-state index < -0.39 is 39.0 Å². The molecule has 0 aromatic heterocycles. The molecule has 2 aromatic rings. The highest BCUT2D eigenvalue weighted by Gasteiger charge is 2.77.